The van der Waals surface area contributed by atoms with Gasteiger partial charge in [0.15, 0.2) is 12.7 Å². The maximum absolute atomic E-state index is 12.6. The lowest BCUT2D eigenvalue weighted by molar-refractivity contribution is -0.147. The molecule has 0 spiro atoms. The van der Waals surface area contributed by atoms with E-state index < -0.39 is 12.1 Å². The van der Waals surface area contributed by atoms with Crippen LogP contribution in [0.2, 0.25) is 0 Å². The third-order valence-electron chi connectivity index (χ3n) is 4.78. The van der Waals surface area contributed by atoms with E-state index in [0.717, 1.165) is 16.7 Å². The summed E-state index contributed by atoms with van der Waals surface area (Å²) in [6.45, 7) is -0.132. The van der Waals surface area contributed by atoms with Crippen LogP contribution in [0.5, 0.6) is 5.75 Å². The number of methoxy groups -OCH3 is 1. The third kappa shape index (κ3) is 7.00. The van der Waals surface area contributed by atoms with E-state index in [0.29, 0.717) is 25.0 Å². The fourth-order valence-corrected chi connectivity index (χ4v) is 3.20. The fourth-order valence-electron chi connectivity index (χ4n) is 3.20. The number of carbonyl (C=O) groups is 2. The minimum absolute atomic E-state index is 0.132. The van der Waals surface area contributed by atoms with Crippen LogP contribution in [0, 0.1) is 0 Å². The van der Waals surface area contributed by atoms with Crippen molar-refractivity contribution in [2.75, 3.05) is 13.7 Å². The number of benzene rings is 3. The Morgan fingerprint density at radius 1 is 0.806 bits per heavy atom. The van der Waals surface area contributed by atoms with Crippen molar-refractivity contribution >= 4 is 11.9 Å². The molecule has 0 aliphatic rings. The van der Waals surface area contributed by atoms with Crippen molar-refractivity contribution in [2.45, 2.75) is 25.4 Å². The Balaban J connectivity index is 1.55. The molecule has 0 fully saturated rings. The molecule has 0 heterocycles. The van der Waals surface area contributed by atoms with E-state index in [1.165, 1.54) is 7.11 Å². The normalized spacial score (nSPS) is 10.5. The molecule has 3 rings (SSSR count). The number of rotatable bonds is 10. The molecule has 5 heteroatoms. The number of carbonyl (C=O) groups excluding carboxylic acids is 2. The fraction of sp³-hybridized carbons (Fsp3) is 0.231. The zero-order chi connectivity index (χ0) is 21.9. The zero-order valence-corrected chi connectivity index (χ0v) is 17.5. The molecule has 31 heavy (non-hydrogen) atoms. The van der Waals surface area contributed by atoms with Crippen LogP contribution in [-0.4, -0.2) is 25.7 Å². The summed E-state index contributed by atoms with van der Waals surface area (Å²) >= 11 is 0. The Morgan fingerprint density at radius 3 is 2.06 bits per heavy atom. The van der Waals surface area contributed by atoms with Gasteiger partial charge in [0.2, 0.25) is 0 Å². The number of hydrogen-bond acceptors (Lipinski definition) is 5. The van der Waals surface area contributed by atoms with Gasteiger partial charge in [0.1, 0.15) is 5.75 Å². The van der Waals surface area contributed by atoms with Crippen molar-refractivity contribution in [3.63, 3.8) is 0 Å². The topological polar surface area (TPSA) is 61.8 Å². The van der Waals surface area contributed by atoms with E-state index >= 15 is 0 Å². The summed E-state index contributed by atoms with van der Waals surface area (Å²) in [4.78, 5) is 23.8. The first-order valence-electron chi connectivity index (χ1n) is 10.2. The van der Waals surface area contributed by atoms with Gasteiger partial charge >= 0.3 is 11.9 Å². The highest BCUT2D eigenvalue weighted by Gasteiger charge is 2.18. The molecule has 3 aromatic rings. The van der Waals surface area contributed by atoms with Gasteiger partial charge in [-0.1, -0.05) is 72.8 Å². The van der Waals surface area contributed by atoms with Gasteiger partial charge in [0.05, 0.1) is 7.11 Å². The van der Waals surface area contributed by atoms with E-state index in [9.17, 15) is 9.59 Å². The number of hydrogen-bond donors (Lipinski definition) is 0. The monoisotopic (exact) mass is 418 g/mol. The molecule has 5 nitrogen and oxygen atoms in total. The molecule has 0 aromatic heterocycles. The molecule has 0 saturated heterocycles. The SMILES string of the molecule is COC(=O)COc1cccc(CCCC(=O)OC(c2ccccc2)c2ccccc2)c1. The van der Waals surface area contributed by atoms with Gasteiger partial charge < -0.3 is 14.2 Å². The third-order valence-corrected chi connectivity index (χ3v) is 4.78. The summed E-state index contributed by atoms with van der Waals surface area (Å²) in [5.41, 5.74) is 2.91. The Bertz CT molecular complexity index is 930. The Labute approximate surface area is 182 Å². The Morgan fingerprint density at radius 2 is 1.45 bits per heavy atom. The van der Waals surface area contributed by atoms with Crippen LogP contribution in [-0.2, 0) is 25.5 Å². The lowest BCUT2D eigenvalue weighted by atomic mass is 10.0. The number of aryl methyl sites for hydroxylation is 1. The largest absolute Gasteiger partial charge is 0.482 e. The van der Waals surface area contributed by atoms with Crippen LogP contribution in [0.1, 0.15) is 35.6 Å². The molecule has 0 bridgehead atoms. The summed E-state index contributed by atoms with van der Waals surface area (Å²) in [6.07, 6.45) is 1.23. The standard InChI is InChI=1S/C26H26O5/c1-29-25(28)19-30-23-16-8-10-20(18-23)11-9-17-24(27)31-26(21-12-4-2-5-13-21)22-14-6-3-7-15-22/h2-8,10,12-16,18,26H,9,11,17,19H2,1H3. The zero-order valence-electron chi connectivity index (χ0n) is 17.5. The van der Waals surface area contributed by atoms with Crippen molar-refractivity contribution < 1.29 is 23.8 Å². The molecular formula is C26H26O5. The molecular weight excluding hydrogens is 392 g/mol. The van der Waals surface area contributed by atoms with E-state index in [-0.39, 0.29) is 12.6 Å². The van der Waals surface area contributed by atoms with E-state index in [1.54, 1.807) is 6.07 Å². The first-order valence-corrected chi connectivity index (χ1v) is 10.2. The molecule has 0 N–H and O–H groups in total. The number of esters is 2. The Hall–Kier alpha value is -3.60. The maximum atomic E-state index is 12.6. The molecule has 0 aliphatic heterocycles. The molecule has 0 radical (unpaired) electrons. The second-order valence-corrected chi connectivity index (χ2v) is 7.06. The van der Waals surface area contributed by atoms with Gasteiger partial charge in [0, 0.05) is 6.42 Å². The van der Waals surface area contributed by atoms with Crippen molar-refractivity contribution in [1.29, 1.82) is 0 Å². The van der Waals surface area contributed by atoms with Crippen LogP contribution in [0.15, 0.2) is 84.9 Å². The predicted octanol–water partition coefficient (Wildman–Crippen LogP) is 4.89. The van der Waals surface area contributed by atoms with E-state index in [1.807, 2.05) is 78.9 Å². The van der Waals surface area contributed by atoms with Crippen molar-refractivity contribution in [3.8, 4) is 5.75 Å². The molecule has 3 aromatic carbocycles. The lowest BCUT2D eigenvalue weighted by Gasteiger charge is -2.19. The summed E-state index contributed by atoms with van der Waals surface area (Å²) in [5, 5.41) is 0. The van der Waals surface area contributed by atoms with Gasteiger partial charge in [-0.2, -0.15) is 0 Å². The summed E-state index contributed by atoms with van der Waals surface area (Å²) < 4.78 is 15.8. The van der Waals surface area contributed by atoms with Crippen LogP contribution < -0.4 is 4.74 Å². The van der Waals surface area contributed by atoms with Gasteiger partial charge in [-0.05, 0) is 41.7 Å². The minimum atomic E-state index is -0.431. The summed E-state index contributed by atoms with van der Waals surface area (Å²) in [7, 11) is 1.32. The molecule has 0 unspecified atom stereocenters. The first kappa shape index (κ1) is 22.1. The van der Waals surface area contributed by atoms with Gasteiger partial charge in [-0.3, -0.25) is 4.79 Å². The predicted molar refractivity (Wildman–Crippen MR) is 118 cm³/mol. The molecule has 0 atom stereocenters. The maximum Gasteiger partial charge on any atom is 0.343 e. The Kier molecular flexibility index (Phi) is 8.23. The lowest BCUT2D eigenvalue weighted by Crippen LogP contribution is -2.13. The smallest absolute Gasteiger partial charge is 0.343 e. The van der Waals surface area contributed by atoms with Crippen molar-refractivity contribution in [2.24, 2.45) is 0 Å². The summed E-state index contributed by atoms with van der Waals surface area (Å²) in [6, 6.07) is 27.0. The summed E-state index contributed by atoms with van der Waals surface area (Å²) in [5.74, 6) is -0.0750. The van der Waals surface area contributed by atoms with Crippen LogP contribution >= 0.6 is 0 Å². The molecule has 0 saturated carbocycles. The van der Waals surface area contributed by atoms with E-state index in [4.69, 9.17) is 9.47 Å². The van der Waals surface area contributed by atoms with Gasteiger partial charge in [-0.15, -0.1) is 0 Å². The average molecular weight is 418 g/mol. The number of ether oxygens (including phenoxy) is 3. The van der Waals surface area contributed by atoms with Gasteiger partial charge in [-0.25, -0.2) is 4.79 Å². The molecule has 0 amide bonds. The second kappa shape index (κ2) is 11.6. The molecule has 0 aliphatic carbocycles. The first-order chi connectivity index (χ1) is 15.2. The molecule has 160 valence electrons. The van der Waals surface area contributed by atoms with Crippen molar-refractivity contribution in [3.05, 3.63) is 102 Å². The van der Waals surface area contributed by atoms with Crippen LogP contribution in [0.3, 0.4) is 0 Å². The minimum Gasteiger partial charge on any atom is -0.482 e. The highest BCUT2D eigenvalue weighted by molar-refractivity contribution is 5.71. The van der Waals surface area contributed by atoms with Gasteiger partial charge in [0.25, 0.3) is 0 Å². The second-order valence-electron chi connectivity index (χ2n) is 7.06. The van der Waals surface area contributed by atoms with Crippen LogP contribution in [0.25, 0.3) is 0 Å². The quantitative estimate of drug-likeness (QED) is 0.439. The highest BCUT2D eigenvalue weighted by Crippen LogP contribution is 2.26. The van der Waals surface area contributed by atoms with E-state index in [2.05, 4.69) is 4.74 Å². The van der Waals surface area contributed by atoms with Crippen molar-refractivity contribution in [1.82, 2.24) is 0 Å². The van der Waals surface area contributed by atoms with Crippen LogP contribution in [0.4, 0.5) is 0 Å². The highest BCUT2D eigenvalue weighted by atomic mass is 16.6. The average Bonchev–Trinajstić information content (AvgIpc) is 2.82.